The van der Waals surface area contributed by atoms with E-state index in [1.807, 2.05) is 36.4 Å². The average molecular weight is 385 g/mol. The topological polar surface area (TPSA) is 59.0 Å². The molecule has 2 N–H and O–H groups in total. The molecular weight excluding hydrogens is 368 g/mol. The van der Waals surface area contributed by atoms with Crippen molar-refractivity contribution in [2.45, 2.75) is 13.5 Å². The predicted octanol–water partition coefficient (Wildman–Crippen LogP) is 4.60. The lowest BCUT2D eigenvalue weighted by Crippen LogP contribution is -2.19. The Balaban J connectivity index is 1.65. The Morgan fingerprint density at radius 2 is 1.85 bits per heavy atom. The van der Waals surface area contributed by atoms with Gasteiger partial charge < -0.3 is 10.6 Å². The number of hydrogen-bond donors (Lipinski definition) is 2. The third-order valence-corrected chi connectivity index (χ3v) is 4.06. The summed E-state index contributed by atoms with van der Waals surface area (Å²) in [6.45, 7) is 2.15. The van der Waals surface area contributed by atoms with Crippen molar-refractivity contribution in [2.75, 3.05) is 10.6 Å². The second-order valence-electron chi connectivity index (χ2n) is 5.77. The number of rotatable bonds is 5. The van der Waals surface area contributed by atoms with Gasteiger partial charge in [0.2, 0.25) is 0 Å². The maximum absolute atomic E-state index is 11.5. The summed E-state index contributed by atoms with van der Waals surface area (Å²) in [6.07, 6.45) is 3.38. The number of anilines is 2. The minimum absolute atomic E-state index is 0.0129. The van der Waals surface area contributed by atoms with Crippen LogP contribution in [0.5, 0.6) is 0 Å². The zero-order valence-electron chi connectivity index (χ0n) is 14.1. The van der Waals surface area contributed by atoms with Crippen LogP contribution in [-0.2, 0) is 6.54 Å². The molecule has 0 fully saturated rings. The summed E-state index contributed by atoms with van der Waals surface area (Å²) >= 11 is 11.3. The number of halogens is 1. The van der Waals surface area contributed by atoms with Gasteiger partial charge in [-0.2, -0.15) is 5.10 Å². The van der Waals surface area contributed by atoms with Gasteiger partial charge in [0.05, 0.1) is 17.8 Å². The van der Waals surface area contributed by atoms with E-state index in [0.29, 0.717) is 22.2 Å². The van der Waals surface area contributed by atoms with E-state index in [2.05, 4.69) is 15.7 Å². The van der Waals surface area contributed by atoms with E-state index in [1.165, 1.54) is 6.92 Å². The molecule has 2 aromatic carbocycles. The van der Waals surface area contributed by atoms with Crippen LogP contribution in [0.15, 0.2) is 60.9 Å². The highest BCUT2D eigenvalue weighted by Gasteiger charge is 2.04. The molecule has 26 heavy (non-hydrogen) atoms. The molecule has 0 amide bonds. The highest BCUT2D eigenvalue weighted by molar-refractivity contribution is 7.80. The van der Waals surface area contributed by atoms with E-state index < -0.39 is 0 Å². The fourth-order valence-corrected chi connectivity index (χ4v) is 2.86. The van der Waals surface area contributed by atoms with Gasteiger partial charge >= 0.3 is 0 Å². The van der Waals surface area contributed by atoms with Crippen LogP contribution in [-0.4, -0.2) is 20.7 Å². The fraction of sp³-hybridized carbons (Fsp3) is 0.105. The highest BCUT2D eigenvalue weighted by Crippen LogP contribution is 2.15. The molecule has 0 spiro atoms. The van der Waals surface area contributed by atoms with Gasteiger partial charge in [-0.25, -0.2) is 0 Å². The number of hydrogen-bond acceptors (Lipinski definition) is 3. The van der Waals surface area contributed by atoms with E-state index in [9.17, 15) is 4.79 Å². The predicted molar refractivity (Wildman–Crippen MR) is 109 cm³/mol. The van der Waals surface area contributed by atoms with Crippen LogP contribution in [0.3, 0.4) is 0 Å². The Morgan fingerprint density at radius 1 is 1.15 bits per heavy atom. The van der Waals surface area contributed by atoms with E-state index in [1.54, 1.807) is 29.2 Å². The normalized spacial score (nSPS) is 10.4. The molecule has 7 heteroatoms. The number of carbonyl (C=O) groups excluding carboxylic acids is 1. The largest absolute Gasteiger partial charge is 0.332 e. The first kappa shape index (κ1) is 18.1. The number of aromatic nitrogens is 2. The van der Waals surface area contributed by atoms with Crippen molar-refractivity contribution in [3.05, 3.63) is 77.1 Å². The van der Waals surface area contributed by atoms with Crippen molar-refractivity contribution >= 4 is 46.1 Å². The smallest absolute Gasteiger partial charge is 0.175 e. The molecule has 0 aliphatic rings. The second-order valence-corrected chi connectivity index (χ2v) is 6.62. The molecule has 5 nitrogen and oxygen atoms in total. The van der Waals surface area contributed by atoms with Crippen molar-refractivity contribution in [1.82, 2.24) is 9.78 Å². The van der Waals surface area contributed by atoms with Crippen LogP contribution < -0.4 is 10.6 Å². The van der Waals surface area contributed by atoms with Gasteiger partial charge in [-0.3, -0.25) is 9.48 Å². The van der Waals surface area contributed by atoms with Crippen molar-refractivity contribution in [2.24, 2.45) is 0 Å². The number of ketones is 1. The summed E-state index contributed by atoms with van der Waals surface area (Å²) in [5.41, 5.74) is 3.33. The first-order chi connectivity index (χ1) is 12.5. The lowest BCUT2D eigenvalue weighted by molar-refractivity contribution is 0.101. The molecule has 3 aromatic rings. The van der Waals surface area contributed by atoms with Crippen LogP contribution in [0.25, 0.3) is 0 Å². The molecule has 1 heterocycles. The standard InChI is InChI=1S/C19H17ClN4OS/c1-13(25)15-5-3-7-18(9-15)23-19(26)22-17-6-2-4-14(8-17)11-24-12-16(20)10-21-24/h2-10,12H,11H2,1H3,(H2,22,23,26). The number of nitrogens with zero attached hydrogens (tertiary/aromatic N) is 2. The Bertz CT molecular complexity index is 954. The van der Waals surface area contributed by atoms with Gasteiger partial charge in [-0.1, -0.05) is 35.9 Å². The lowest BCUT2D eigenvalue weighted by Gasteiger charge is -2.12. The van der Waals surface area contributed by atoms with Gasteiger partial charge in [0.25, 0.3) is 0 Å². The van der Waals surface area contributed by atoms with Crippen LogP contribution in [0.4, 0.5) is 11.4 Å². The van der Waals surface area contributed by atoms with E-state index >= 15 is 0 Å². The van der Waals surface area contributed by atoms with Crippen LogP contribution >= 0.6 is 23.8 Å². The van der Waals surface area contributed by atoms with Crippen LogP contribution in [0, 0.1) is 0 Å². The lowest BCUT2D eigenvalue weighted by atomic mass is 10.1. The SMILES string of the molecule is CC(=O)c1cccc(NC(=S)Nc2cccc(Cn3cc(Cl)cn3)c2)c1. The molecular formula is C19H17ClN4OS. The zero-order chi connectivity index (χ0) is 18.5. The summed E-state index contributed by atoms with van der Waals surface area (Å²) in [7, 11) is 0. The van der Waals surface area contributed by atoms with E-state index in [4.69, 9.17) is 23.8 Å². The molecule has 0 radical (unpaired) electrons. The third-order valence-electron chi connectivity index (χ3n) is 3.66. The maximum Gasteiger partial charge on any atom is 0.175 e. The van der Waals surface area contributed by atoms with Crippen LogP contribution in [0.2, 0.25) is 5.02 Å². The summed E-state index contributed by atoms with van der Waals surface area (Å²) in [4.78, 5) is 11.5. The summed E-state index contributed by atoms with van der Waals surface area (Å²) in [5.74, 6) is 0.0129. The molecule has 0 saturated carbocycles. The first-order valence-corrected chi connectivity index (χ1v) is 8.74. The van der Waals surface area contributed by atoms with Gasteiger partial charge in [0.15, 0.2) is 10.9 Å². The minimum atomic E-state index is 0.0129. The van der Waals surface area contributed by atoms with Gasteiger partial charge in [0, 0.05) is 23.1 Å². The average Bonchev–Trinajstić information content (AvgIpc) is 3.00. The van der Waals surface area contributed by atoms with Crippen molar-refractivity contribution in [3.63, 3.8) is 0 Å². The molecule has 0 aliphatic carbocycles. The number of thiocarbonyl (C=S) groups is 1. The molecule has 0 unspecified atom stereocenters. The second kappa shape index (κ2) is 8.12. The van der Waals surface area contributed by atoms with Crippen molar-refractivity contribution < 1.29 is 4.79 Å². The van der Waals surface area contributed by atoms with Gasteiger partial charge in [-0.05, 0) is 49.0 Å². The molecule has 3 rings (SSSR count). The molecule has 1 aromatic heterocycles. The maximum atomic E-state index is 11.5. The molecule has 0 atom stereocenters. The summed E-state index contributed by atoms with van der Waals surface area (Å²) in [5, 5.41) is 11.5. The number of carbonyl (C=O) groups is 1. The van der Waals surface area contributed by atoms with E-state index in [0.717, 1.165) is 16.9 Å². The number of nitrogens with one attached hydrogen (secondary N) is 2. The quantitative estimate of drug-likeness (QED) is 0.497. The van der Waals surface area contributed by atoms with Gasteiger partial charge in [0.1, 0.15) is 0 Å². The summed E-state index contributed by atoms with van der Waals surface area (Å²) < 4.78 is 1.77. The summed E-state index contributed by atoms with van der Waals surface area (Å²) in [6, 6.07) is 15.1. The molecule has 0 bridgehead atoms. The Morgan fingerprint density at radius 3 is 2.50 bits per heavy atom. The first-order valence-electron chi connectivity index (χ1n) is 7.95. The molecule has 0 saturated heterocycles. The fourth-order valence-electron chi connectivity index (χ4n) is 2.47. The van der Waals surface area contributed by atoms with Crippen molar-refractivity contribution in [3.8, 4) is 0 Å². The molecule has 132 valence electrons. The number of Topliss-reactive ketones (excluding diaryl/α,β-unsaturated/α-hetero) is 1. The third kappa shape index (κ3) is 4.91. The Labute approximate surface area is 162 Å². The minimum Gasteiger partial charge on any atom is -0.332 e. The van der Waals surface area contributed by atoms with Crippen LogP contribution in [0.1, 0.15) is 22.8 Å². The monoisotopic (exact) mass is 384 g/mol. The van der Waals surface area contributed by atoms with Gasteiger partial charge in [-0.15, -0.1) is 0 Å². The Hall–Kier alpha value is -2.70. The zero-order valence-corrected chi connectivity index (χ0v) is 15.6. The molecule has 0 aliphatic heterocycles. The van der Waals surface area contributed by atoms with E-state index in [-0.39, 0.29) is 5.78 Å². The number of benzene rings is 2. The Kier molecular flexibility index (Phi) is 5.65. The highest BCUT2D eigenvalue weighted by atomic mass is 35.5. The van der Waals surface area contributed by atoms with Crippen molar-refractivity contribution in [1.29, 1.82) is 0 Å².